The molecule has 1 atom stereocenters. The molecule has 0 saturated carbocycles. The van der Waals surface area contributed by atoms with Crippen molar-refractivity contribution in [2.24, 2.45) is 5.73 Å². The molecule has 0 bridgehead atoms. The van der Waals surface area contributed by atoms with E-state index in [9.17, 15) is 9.59 Å². The molecule has 0 spiro atoms. The Morgan fingerprint density at radius 2 is 1.83 bits per heavy atom. The van der Waals surface area contributed by atoms with Gasteiger partial charge in [0.1, 0.15) is 11.8 Å². The molecule has 2 aromatic rings. The van der Waals surface area contributed by atoms with Gasteiger partial charge >= 0.3 is 5.97 Å². The highest BCUT2D eigenvalue weighted by Crippen LogP contribution is 2.19. The van der Waals surface area contributed by atoms with E-state index in [0.717, 1.165) is 5.56 Å². The number of rotatable bonds is 6. The molecule has 0 unspecified atom stereocenters. The third-order valence-electron chi connectivity index (χ3n) is 3.34. The molecule has 0 aliphatic rings. The zero-order valence-electron chi connectivity index (χ0n) is 12.7. The van der Waals surface area contributed by atoms with Crippen LogP contribution in [0.4, 0.5) is 5.69 Å². The van der Waals surface area contributed by atoms with Gasteiger partial charge in [-0.2, -0.15) is 0 Å². The molecule has 0 radical (unpaired) electrons. The maximum Gasteiger partial charge on any atom is 0.320 e. The van der Waals surface area contributed by atoms with E-state index in [1.54, 1.807) is 48.5 Å². The lowest BCUT2D eigenvalue weighted by molar-refractivity contribution is -0.138. The van der Waals surface area contributed by atoms with Crippen LogP contribution in [0.5, 0.6) is 5.75 Å². The Morgan fingerprint density at radius 1 is 1.17 bits per heavy atom. The van der Waals surface area contributed by atoms with E-state index < -0.39 is 12.0 Å². The van der Waals surface area contributed by atoms with E-state index in [2.05, 4.69) is 5.32 Å². The lowest BCUT2D eigenvalue weighted by Crippen LogP contribution is -2.32. The number of carboxylic acid groups (broad SMARTS) is 1. The number of nitrogens with two attached hydrogens (primary N) is 1. The Labute approximate surface area is 133 Å². The van der Waals surface area contributed by atoms with Gasteiger partial charge in [0.2, 0.25) is 0 Å². The summed E-state index contributed by atoms with van der Waals surface area (Å²) < 4.78 is 5.16. The third-order valence-corrected chi connectivity index (χ3v) is 3.34. The van der Waals surface area contributed by atoms with Crippen molar-refractivity contribution in [2.45, 2.75) is 12.5 Å². The number of methoxy groups -OCH3 is 1. The van der Waals surface area contributed by atoms with Crippen LogP contribution in [-0.2, 0) is 11.2 Å². The lowest BCUT2D eigenvalue weighted by atomic mass is 10.1. The fourth-order valence-corrected chi connectivity index (χ4v) is 2.10. The van der Waals surface area contributed by atoms with Crippen molar-refractivity contribution in [2.75, 3.05) is 12.4 Å². The molecule has 4 N–H and O–H groups in total. The van der Waals surface area contributed by atoms with Crippen LogP contribution in [-0.4, -0.2) is 30.1 Å². The second kappa shape index (κ2) is 7.42. The van der Waals surface area contributed by atoms with Crippen LogP contribution in [0.15, 0.2) is 48.5 Å². The summed E-state index contributed by atoms with van der Waals surface area (Å²) in [5.74, 6) is -0.829. The molecular weight excluding hydrogens is 296 g/mol. The molecule has 0 saturated heterocycles. The minimum atomic E-state index is -1.04. The second-order valence-corrected chi connectivity index (χ2v) is 5.00. The largest absolute Gasteiger partial charge is 0.496 e. The summed E-state index contributed by atoms with van der Waals surface area (Å²) in [5.41, 5.74) is 7.32. The highest BCUT2D eigenvalue weighted by molar-refractivity contribution is 6.06. The van der Waals surface area contributed by atoms with Crippen LogP contribution in [0.3, 0.4) is 0 Å². The Hall–Kier alpha value is -2.86. The Balaban J connectivity index is 2.06. The first-order chi connectivity index (χ1) is 11.0. The van der Waals surface area contributed by atoms with Crippen LogP contribution >= 0.6 is 0 Å². The first kappa shape index (κ1) is 16.5. The van der Waals surface area contributed by atoms with Crippen LogP contribution in [0.1, 0.15) is 15.9 Å². The smallest absolute Gasteiger partial charge is 0.320 e. The first-order valence-corrected chi connectivity index (χ1v) is 7.03. The zero-order valence-corrected chi connectivity index (χ0v) is 12.7. The molecule has 2 rings (SSSR count). The SMILES string of the molecule is COc1ccccc1C(=O)Nc1ccc(C[C@H](N)C(=O)O)cc1. The summed E-state index contributed by atoms with van der Waals surface area (Å²) in [6, 6.07) is 12.9. The quantitative estimate of drug-likeness (QED) is 0.756. The molecule has 23 heavy (non-hydrogen) atoms. The number of anilines is 1. The normalized spacial score (nSPS) is 11.6. The number of aliphatic carboxylic acids is 1. The summed E-state index contributed by atoms with van der Waals surface area (Å²) in [6.07, 6.45) is 0.232. The van der Waals surface area contributed by atoms with Gasteiger partial charge in [0.25, 0.3) is 5.91 Å². The molecule has 0 fully saturated rings. The maximum absolute atomic E-state index is 12.3. The Bertz CT molecular complexity index is 698. The van der Waals surface area contributed by atoms with E-state index in [-0.39, 0.29) is 12.3 Å². The summed E-state index contributed by atoms with van der Waals surface area (Å²) in [5, 5.41) is 11.6. The predicted molar refractivity (Wildman–Crippen MR) is 86.7 cm³/mol. The Morgan fingerprint density at radius 3 is 2.43 bits per heavy atom. The molecule has 6 heteroatoms. The molecule has 0 heterocycles. The monoisotopic (exact) mass is 314 g/mol. The minimum absolute atomic E-state index is 0.232. The number of para-hydroxylation sites is 1. The number of hydrogen-bond acceptors (Lipinski definition) is 4. The number of ether oxygens (including phenoxy) is 1. The highest BCUT2D eigenvalue weighted by atomic mass is 16.5. The zero-order chi connectivity index (χ0) is 16.8. The van der Waals surface area contributed by atoms with Gasteiger partial charge in [0.05, 0.1) is 12.7 Å². The molecular formula is C17H18N2O4. The number of carboxylic acids is 1. The van der Waals surface area contributed by atoms with Crippen molar-refractivity contribution < 1.29 is 19.4 Å². The van der Waals surface area contributed by atoms with Crippen molar-refractivity contribution in [3.8, 4) is 5.75 Å². The van der Waals surface area contributed by atoms with Gasteiger partial charge in [-0.1, -0.05) is 24.3 Å². The van der Waals surface area contributed by atoms with E-state index in [4.69, 9.17) is 15.6 Å². The second-order valence-electron chi connectivity index (χ2n) is 5.00. The van der Waals surface area contributed by atoms with Crippen LogP contribution < -0.4 is 15.8 Å². The molecule has 0 aromatic heterocycles. The van der Waals surface area contributed by atoms with Gasteiger partial charge in [-0.05, 0) is 36.2 Å². The number of benzene rings is 2. The van der Waals surface area contributed by atoms with E-state index in [1.165, 1.54) is 7.11 Å². The number of amides is 1. The van der Waals surface area contributed by atoms with Crippen molar-refractivity contribution >= 4 is 17.6 Å². The van der Waals surface area contributed by atoms with Gasteiger partial charge in [-0.25, -0.2) is 0 Å². The van der Waals surface area contributed by atoms with Crippen molar-refractivity contribution in [3.63, 3.8) is 0 Å². The summed E-state index contributed by atoms with van der Waals surface area (Å²) in [7, 11) is 1.51. The van der Waals surface area contributed by atoms with Gasteiger partial charge in [-0.15, -0.1) is 0 Å². The fourth-order valence-electron chi connectivity index (χ4n) is 2.10. The topological polar surface area (TPSA) is 102 Å². The van der Waals surface area contributed by atoms with Crippen LogP contribution in [0.2, 0.25) is 0 Å². The van der Waals surface area contributed by atoms with Crippen molar-refractivity contribution in [1.29, 1.82) is 0 Å². The van der Waals surface area contributed by atoms with E-state index >= 15 is 0 Å². The van der Waals surface area contributed by atoms with Gasteiger partial charge in [0, 0.05) is 5.69 Å². The molecule has 0 aliphatic heterocycles. The van der Waals surface area contributed by atoms with Crippen LogP contribution in [0, 0.1) is 0 Å². The molecule has 0 aliphatic carbocycles. The molecule has 2 aromatic carbocycles. The fraction of sp³-hybridized carbons (Fsp3) is 0.176. The van der Waals surface area contributed by atoms with Crippen molar-refractivity contribution in [3.05, 3.63) is 59.7 Å². The Kier molecular flexibility index (Phi) is 5.32. The van der Waals surface area contributed by atoms with E-state index in [1.807, 2.05) is 0 Å². The first-order valence-electron chi connectivity index (χ1n) is 7.03. The molecule has 6 nitrogen and oxygen atoms in total. The number of nitrogens with one attached hydrogen (secondary N) is 1. The standard InChI is InChI=1S/C17H18N2O4/c1-23-15-5-3-2-4-13(15)16(20)19-12-8-6-11(7-9-12)10-14(18)17(21)22/h2-9,14H,10,18H2,1H3,(H,19,20)(H,21,22)/t14-/m0/s1. The lowest BCUT2D eigenvalue weighted by Gasteiger charge is -2.10. The van der Waals surface area contributed by atoms with Crippen LogP contribution in [0.25, 0.3) is 0 Å². The van der Waals surface area contributed by atoms with E-state index in [0.29, 0.717) is 17.0 Å². The van der Waals surface area contributed by atoms with Gasteiger partial charge in [-0.3, -0.25) is 9.59 Å². The third kappa shape index (κ3) is 4.31. The average molecular weight is 314 g/mol. The minimum Gasteiger partial charge on any atom is -0.496 e. The predicted octanol–water partition coefficient (Wildman–Crippen LogP) is 1.90. The highest BCUT2D eigenvalue weighted by Gasteiger charge is 2.13. The number of carbonyl (C=O) groups is 2. The number of carbonyl (C=O) groups excluding carboxylic acids is 1. The van der Waals surface area contributed by atoms with Gasteiger partial charge < -0.3 is 20.9 Å². The van der Waals surface area contributed by atoms with Crippen molar-refractivity contribution in [1.82, 2.24) is 0 Å². The summed E-state index contributed by atoms with van der Waals surface area (Å²) in [4.78, 5) is 23.0. The average Bonchev–Trinajstić information content (AvgIpc) is 2.56. The molecule has 1 amide bonds. The summed E-state index contributed by atoms with van der Waals surface area (Å²) >= 11 is 0. The maximum atomic E-state index is 12.3. The van der Waals surface area contributed by atoms with Gasteiger partial charge in [0.15, 0.2) is 0 Å². The summed E-state index contributed by atoms with van der Waals surface area (Å²) in [6.45, 7) is 0. The molecule has 120 valence electrons. The number of hydrogen-bond donors (Lipinski definition) is 3.